The molecule has 7 nitrogen and oxygen atoms in total. The molecule has 0 unspecified atom stereocenters. The predicted molar refractivity (Wildman–Crippen MR) is 318 cm³/mol. The number of pyridine rings is 4. The van der Waals surface area contributed by atoms with Crippen molar-refractivity contribution in [3.05, 3.63) is 298 Å². The zero-order chi connectivity index (χ0) is 52.7. The van der Waals surface area contributed by atoms with E-state index >= 15 is 0 Å². The molecule has 0 fully saturated rings. The van der Waals surface area contributed by atoms with Crippen molar-refractivity contribution in [2.45, 2.75) is 0 Å². The summed E-state index contributed by atoms with van der Waals surface area (Å²) in [5.74, 6) is 1.78. The fourth-order valence-electron chi connectivity index (χ4n) is 10.0. The summed E-state index contributed by atoms with van der Waals surface area (Å²) in [5.41, 5.74) is 19.4. The maximum atomic E-state index is 5.10. The van der Waals surface area contributed by atoms with Crippen molar-refractivity contribution < 1.29 is 41.2 Å². The van der Waals surface area contributed by atoms with Gasteiger partial charge in [0.2, 0.25) is 0 Å². The molecule has 0 radical (unpaired) electrons. The van der Waals surface area contributed by atoms with Gasteiger partial charge < -0.3 is 9.97 Å². The number of rotatable bonds is 13. The maximum Gasteiger partial charge on any atom is 3.00 e. The summed E-state index contributed by atoms with van der Waals surface area (Å²) in [6.07, 6.45) is 7.27. The molecule has 5 aromatic heterocycles. The minimum atomic E-state index is 0. The van der Waals surface area contributed by atoms with Crippen LogP contribution in [0.25, 0.3) is 112 Å². The van der Waals surface area contributed by atoms with Gasteiger partial charge >= 0.3 is 20.1 Å². The largest absolute Gasteiger partial charge is 3.00 e. The molecule has 0 amide bonds. The fourth-order valence-corrected chi connectivity index (χ4v) is 10.0. The Morgan fingerprint density at radius 2 is 0.802 bits per heavy atom. The van der Waals surface area contributed by atoms with Crippen LogP contribution in [0.3, 0.4) is 0 Å². The van der Waals surface area contributed by atoms with Crippen LogP contribution in [0.15, 0.2) is 274 Å². The Morgan fingerprint density at radius 3 is 1.30 bits per heavy atom. The topological polar surface area (TPSA) is 80.6 Å². The fraction of sp³-hybridized carbons (Fsp3) is 0. The Bertz CT molecular complexity index is 4080. The van der Waals surface area contributed by atoms with Crippen LogP contribution in [0, 0.1) is 24.3 Å². The Hall–Kier alpha value is -9.42. The van der Waals surface area contributed by atoms with Crippen molar-refractivity contribution >= 4 is 17.3 Å². The third kappa shape index (κ3) is 11.5. The zero-order valence-electron chi connectivity index (χ0n) is 43.3. The van der Waals surface area contributed by atoms with E-state index in [1.165, 1.54) is 0 Å². The van der Waals surface area contributed by atoms with E-state index in [2.05, 4.69) is 162 Å². The summed E-state index contributed by atoms with van der Waals surface area (Å²) in [6.45, 7) is 0. The molecule has 13 rings (SSSR count). The predicted octanol–water partition coefficient (Wildman–Crippen LogP) is 17.4. The van der Waals surface area contributed by atoms with Crippen LogP contribution in [0.4, 0.5) is 17.3 Å². The molecule has 13 aromatic rings. The van der Waals surface area contributed by atoms with Gasteiger partial charge in [-0.2, -0.15) is 12.1 Å². The molecule has 9 heteroatoms. The molecule has 0 aliphatic carbocycles. The number of hydrogen-bond donors (Lipinski definition) is 0. The van der Waals surface area contributed by atoms with Crippen molar-refractivity contribution in [3.63, 3.8) is 0 Å². The Morgan fingerprint density at radius 1 is 0.321 bits per heavy atom. The van der Waals surface area contributed by atoms with Gasteiger partial charge in [-0.25, -0.2) is 0 Å². The van der Waals surface area contributed by atoms with E-state index < -0.39 is 0 Å². The van der Waals surface area contributed by atoms with E-state index in [4.69, 9.17) is 19.9 Å². The quantitative estimate of drug-likeness (QED) is 0.106. The minimum Gasteiger partial charge on any atom is -0.305 e. The maximum absolute atomic E-state index is 5.10. The monoisotopic (exact) mass is 1400 g/mol. The number of anilines is 3. The van der Waals surface area contributed by atoms with Gasteiger partial charge in [-0.3, -0.25) is 24.8 Å². The molecule has 8 aromatic carbocycles. The second-order valence-electron chi connectivity index (χ2n) is 18.8. The van der Waals surface area contributed by atoms with Crippen molar-refractivity contribution in [1.29, 1.82) is 0 Å². The second-order valence-corrected chi connectivity index (χ2v) is 18.8. The van der Waals surface area contributed by atoms with Gasteiger partial charge in [0, 0.05) is 45.3 Å². The van der Waals surface area contributed by atoms with E-state index in [1.807, 2.05) is 145 Å². The number of nitrogens with zero attached hydrogens (tertiary/aromatic N) is 7. The van der Waals surface area contributed by atoms with Crippen LogP contribution < -0.4 is 4.90 Å². The molecule has 0 saturated heterocycles. The van der Waals surface area contributed by atoms with Crippen LogP contribution in [-0.2, 0) is 41.2 Å². The second kappa shape index (κ2) is 24.7. The van der Waals surface area contributed by atoms with E-state index in [9.17, 15) is 0 Å². The average Bonchev–Trinajstić information content (AvgIpc) is 3.69. The van der Waals surface area contributed by atoms with Crippen LogP contribution in [0.5, 0.6) is 0 Å². The molecular formula is C72H45IrN7Pt-. The molecule has 0 aliphatic heterocycles. The van der Waals surface area contributed by atoms with Crippen molar-refractivity contribution in [3.8, 4) is 112 Å². The molecule has 0 atom stereocenters. The Kier molecular flexibility index (Phi) is 16.3. The first-order valence-corrected chi connectivity index (χ1v) is 26.0. The summed E-state index contributed by atoms with van der Waals surface area (Å²) in [4.78, 5) is 31.1. The molecule has 0 N–H and O–H groups in total. The molecular weight excluding hydrogens is 1350 g/mol. The number of hydrogen-bond acceptors (Lipinski definition) is 7. The van der Waals surface area contributed by atoms with Crippen LogP contribution in [-0.4, -0.2) is 29.9 Å². The third-order valence-electron chi connectivity index (χ3n) is 13.8. The van der Waals surface area contributed by atoms with E-state index in [-0.39, 0.29) is 41.2 Å². The van der Waals surface area contributed by atoms with Gasteiger partial charge in [-0.05, 0) is 117 Å². The Labute approximate surface area is 499 Å². The molecule has 388 valence electrons. The molecule has 0 saturated carbocycles. The number of para-hydroxylation sites is 1. The van der Waals surface area contributed by atoms with E-state index in [0.29, 0.717) is 23.2 Å². The molecule has 0 bridgehead atoms. The first-order chi connectivity index (χ1) is 39.2. The molecule has 0 spiro atoms. The minimum absolute atomic E-state index is 0. The van der Waals surface area contributed by atoms with Gasteiger partial charge in [-0.15, -0.1) is 95.6 Å². The summed E-state index contributed by atoms with van der Waals surface area (Å²) in [7, 11) is 0. The molecule has 0 aliphatic rings. The smallest absolute Gasteiger partial charge is 0.305 e. The summed E-state index contributed by atoms with van der Waals surface area (Å²) in [5, 5.41) is 0. The summed E-state index contributed by atoms with van der Waals surface area (Å²) < 4.78 is 0. The number of aromatic nitrogens is 6. The van der Waals surface area contributed by atoms with Crippen molar-refractivity contribution in [2.75, 3.05) is 4.90 Å². The number of benzene rings is 8. The zero-order valence-corrected chi connectivity index (χ0v) is 47.9. The normalized spacial score (nSPS) is 10.8. The van der Waals surface area contributed by atoms with E-state index in [1.54, 1.807) is 6.20 Å². The van der Waals surface area contributed by atoms with E-state index in [0.717, 1.165) is 106 Å². The SMILES string of the molecule is [Ir+3].[Pt].[c-]1cc(-c2ccccc2-c2cc(-c3ccccc3-c3c[c-]c(-c4ccccn4)cc3)cc(-c3ccccc3-c3c[c-]c(-c4nccc(N(c5ccccc5)c5cccc(-c6[c-]cccc6)n5)n4)nc3)c2)ccc1-c1ccccn1. The van der Waals surface area contributed by atoms with Gasteiger partial charge in [-0.1, -0.05) is 161 Å². The standard InChI is InChI=1S/C72H45N7.Ir.Pt/c1-3-18-52(19-4-1)68-30-17-31-70(77-68)79(59-20-5-2-6-21-59)71-42-45-75-72(78-71)69-41-40-55(49-76-69)62-24-9-12-27-65(62)58-47-56(63-25-10-7-22-60(63)50-32-36-53(37-33-50)66-28-13-15-43-73-66)46-57(48-58)64-26-11-8-23-61(64)51-34-38-54(39-35-51)67-29-14-16-44-74-67;;/h1-18,20-36,38,40,42-49H;;/q-4;+3;. The first kappa shape index (κ1) is 53.6. The first-order valence-electron chi connectivity index (χ1n) is 26.0. The van der Waals surface area contributed by atoms with Gasteiger partial charge in [0.1, 0.15) is 11.6 Å². The van der Waals surface area contributed by atoms with Crippen molar-refractivity contribution in [1.82, 2.24) is 29.9 Å². The van der Waals surface area contributed by atoms with Gasteiger partial charge in [0.25, 0.3) is 0 Å². The Balaban J connectivity index is 0.00000345. The van der Waals surface area contributed by atoms with Crippen molar-refractivity contribution in [2.24, 2.45) is 0 Å². The summed E-state index contributed by atoms with van der Waals surface area (Å²) >= 11 is 0. The van der Waals surface area contributed by atoms with Crippen LogP contribution in [0.1, 0.15) is 0 Å². The molecule has 5 heterocycles. The third-order valence-corrected chi connectivity index (χ3v) is 13.8. The van der Waals surface area contributed by atoms with Crippen LogP contribution >= 0.6 is 0 Å². The molecule has 81 heavy (non-hydrogen) atoms. The average molecular weight is 1400 g/mol. The van der Waals surface area contributed by atoms with Crippen LogP contribution in [0.2, 0.25) is 0 Å². The van der Waals surface area contributed by atoms with Gasteiger partial charge in [0.05, 0.1) is 5.82 Å². The van der Waals surface area contributed by atoms with Gasteiger partial charge in [0.15, 0.2) is 0 Å². The summed E-state index contributed by atoms with van der Waals surface area (Å²) in [6, 6.07) is 98.8.